The van der Waals surface area contributed by atoms with E-state index in [4.69, 9.17) is 14.7 Å². The predicted molar refractivity (Wildman–Crippen MR) is 111 cm³/mol. The molecule has 2 aromatic heterocycles. The number of rotatable bonds is 1. The second-order valence-electron chi connectivity index (χ2n) is 5.16. The Labute approximate surface area is 161 Å². The molecule has 0 unspecified atom stereocenters. The Balaban J connectivity index is 0.000000334. The van der Waals surface area contributed by atoms with Gasteiger partial charge in [0, 0.05) is 19.4 Å². The van der Waals surface area contributed by atoms with E-state index in [2.05, 4.69) is 15.3 Å². The SMILES string of the molecule is CC.CC(=O)O.CNC=O.O=c1[nH]c2ccccc2c2nc3ccccc3n12. The molecule has 0 fully saturated rings. The maximum absolute atomic E-state index is 12.1. The van der Waals surface area contributed by atoms with Crippen molar-refractivity contribution >= 4 is 40.0 Å². The number of aromatic amines is 1. The summed E-state index contributed by atoms with van der Waals surface area (Å²) >= 11 is 0. The largest absolute Gasteiger partial charge is 0.481 e. The molecule has 2 heterocycles. The number of imidazole rings is 1. The van der Waals surface area contributed by atoms with Crippen molar-refractivity contribution in [1.29, 1.82) is 0 Å². The molecule has 28 heavy (non-hydrogen) atoms. The number of nitrogens with zero attached hydrogens (tertiary/aromatic N) is 2. The quantitative estimate of drug-likeness (QED) is 0.436. The highest BCUT2D eigenvalue weighted by Gasteiger charge is 2.09. The number of carbonyl (C=O) groups is 2. The van der Waals surface area contributed by atoms with Gasteiger partial charge < -0.3 is 15.4 Å². The zero-order valence-electron chi connectivity index (χ0n) is 16.3. The van der Waals surface area contributed by atoms with Crippen LogP contribution in [0.15, 0.2) is 53.3 Å². The second-order valence-corrected chi connectivity index (χ2v) is 5.16. The number of aromatic nitrogens is 3. The van der Waals surface area contributed by atoms with Crippen molar-refractivity contribution in [2.75, 3.05) is 7.05 Å². The highest BCUT2D eigenvalue weighted by Crippen LogP contribution is 2.20. The number of benzene rings is 2. The second kappa shape index (κ2) is 11.1. The van der Waals surface area contributed by atoms with E-state index in [1.807, 2.05) is 62.4 Å². The Kier molecular flexibility index (Phi) is 8.88. The van der Waals surface area contributed by atoms with Gasteiger partial charge in [0.05, 0.1) is 16.6 Å². The van der Waals surface area contributed by atoms with Crippen molar-refractivity contribution in [3.8, 4) is 0 Å². The number of carboxylic acids is 1. The molecule has 8 nitrogen and oxygen atoms in total. The van der Waals surface area contributed by atoms with Gasteiger partial charge in [0.25, 0.3) is 5.97 Å². The standard InChI is InChI=1S/C14H9N3O.C2H5NO.C2H4O2.C2H6/c18-14-16-10-6-2-1-5-9(10)13-15-11-7-3-4-8-12(11)17(13)14;1-3-2-4;1-2(3)4;1-2/h1-8H,(H,16,18);2H,1H3,(H,3,4);1H3,(H,3,4);1-2H3. The lowest BCUT2D eigenvalue weighted by atomic mass is 10.2. The smallest absolute Gasteiger partial charge is 0.332 e. The molecular weight excluding hydrogens is 360 g/mol. The number of carboxylic acid groups (broad SMARTS) is 1. The van der Waals surface area contributed by atoms with Crippen LogP contribution < -0.4 is 11.0 Å². The number of aliphatic carboxylic acids is 1. The van der Waals surface area contributed by atoms with Gasteiger partial charge in [-0.15, -0.1) is 0 Å². The number of nitrogens with one attached hydrogen (secondary N) is 2. The molecule has 3 N–H and O–H groups in total. The van der Waals surface area contributed by atoms with Crippen LogP contribution in [-0.2, 0) is 9.59 Å². The molecule has 2 aromatic carbocycles. The lowest BCUT2D eigenvalue weighted by Gasteiger charge is -1.99. The summed E-state index contributed by atoms with van der Waals surface area (Å²) in [6.07, 6.45) is 0.625. The highest BCUT2D eigenvalue weighted by atomic mass is 16.4. The summed E-state index contributed by atoms with van der Waals surface area (Å²) in [7, 11) is 1.56. The number of carbonyl (C=O) groups excluding carboxylic acids is 1. The van der Waals surface area contributed by atoms with E-state index in [1.54, 1.807) is 11.4 Å². The molecule has 0 saturated heterocycles. The van der Waals surface area contributed by atoms with Crippen LogP contribution in [0.2, 0.25) is 0 Å². The maximum Gasteiger partial charge on any atom is 0.332 e. The number of hydrogen-bond acceptors (Lipinski definition) is 4. The molecule has 0 atom stereocenters. The summed E-state index contributed by atoms with van der Waals surface area (Å²) in [5.74, 6) is -0.833. The van der Waals surface area contributed by atoms with Crippen LogP contribution in [-0.4, -0.2) is 38.9 Å². The van der Waals surface area contributed by atoms with Crippen LogP contribution in [0.5, 0.6) is 0 Å². The fraction of sp³-hybridized carbons (Fsp3) is 0.200. The first-order valence-corrected chi connectivity index (χ1v) is 8.68. The summed E-state index contributed by atoms with van der Waals surface area (Å²) in [6.45, 7) is 5.08. The molecule has 0 radical (unpaired) electrons. The molecule has 0 aliphatic rings. The van der Waals surface area contributed by atoms with E-state index >= 15 is 0 Å². The van der Waals surface area contributed by atoms with Crippen molar-refractivity contribution < 1.29 is 14.7 Å². The monoisotopic (exact) mass is 384 g/mol. The van der Waals surface area contributed by atoms with Gasteiger partial charge in [-0.1, -0.05) is 38.1 Å². The number of amides is 1. The first kappa shape index (κ1) is 22.4. The Bertz CT molecular complexity index is 1110. The van der Waals surface area contributed by atoms with Crippen LogP contribution in [0, 0.1) is 0 Å². The molecule has 0 aliphatic heterocycles. The number of H-pyrrole nitrogens is 1. The molecule has 0 spiro atoms. The van der Waals surface area contributed by atoms with Crippen LogP contribution in [0.3, 0.4) is 0 Å². The highest BCUT2D eigenvalue weighted by molar-refractivity contribution is 5.95. The van der Waals surface area contributed by atoms with Gasteiger partial charge in [-0.3, -0.25) is 9.59 Å². The molecule has 0 aliphatic carbocycles. The normalized spacial score (nSPS) is 9.29. The molecule has 148 valence electrons. The van der Waals surface area contributed by atoms with Gasteiger partial charge >= 0.3 is 5.69 Å². The maximum atomic E-state index is 12.1. The summed E-state index contributed by atoms with van der Waals surface area (Å²) in [5.41, 5.74) is 3.03. The van der Waals surface area contributed by atoms with Crippen molar-refractivity contribution in [3.05, 3.63) is 59.0 Å². The molecule has 0 saturated carbocycles. The minimum atomic E-state index is -0.833. The van der Waals surface area contributed by atoms with E-state index in [-0.39, 0.29) is 5.69 Å². The third kappa shape index (κ3) is 5.41. The Hall–Kier alpha value is -3.68. The Morgan fingerprint density at radius 3 is 2.29 bits per heavy atom. The van der Waals surface area contributed by atoms with Crippen molar-refractivity contribution in [2.24, 2.45) is 0 Å². The summed E-state index contributed by atoms with van der Waals surface area (Å²) < 4.78 is 1.62. The molecule has 1 amide bonds. The van der Waals surface area contributed by atoms with Gasteiger partial charge in [-0.05, 0) is 24.3 Å². The molecular formula is C20H24N4O4. The lowest BCUT2D eigenvalue weighted by Crippen LogP contribution is -2.15. The predicted octanol–water partition coefficient (Wildman–Crippen LogP) is 2.81. The summed E-state index contributed by atoms with van der Waals surface area (Å²) in [5, 5.41) is 10.6. The summed E-state index contributed by atoms with van der Waals surface area (Å²) in [6, 6.07) is 15.3. The van der Waals surface area contributed by atoms with Crippen LogP contribution in [0.1, 0.15) is 20.8 Å². The molecule has 4 aromatic rings. The first-order chi connectivity index (χ1) is 13.5. The van der Waals surface area contributed by atoms with Crippen molar-refractivity contribution in [2.45, 2.75) is 20.8 Å². The summed E-state index contributed by atoms with van der Waals surface area (Å²) in [4.78, 5) is 37.6. The Morgan fingerprint density at radius 2 is 1.68 bits per heavy atom. The number of para-hydroxylation sites is 3. The van der Waals surface area contributed by atoms with Gasteiger partial charge in [0.1, 0.15) is 0 Å². The fourth-order valence-corrected chi connectivity index (χ4v) is 2.37. The van der Waals surface area contributed by atoms with Crippen LogP contribution in [0.25, 0.3) is 27.6 Å². The van der Waals surface area contributed by atoms with Crippen LogP contribution in [0.4, 0.5) is 0 Å². The van der Waals surface area contributed by atoms with E-state index in [0.29, 0.717) is 12.1 Å². The van der Waals surface area contributed by atoms with Crippen molar-refractivity contribution in [3.63, 3.8) is 0 Å². The van der Waals surface area contributed by atoms with E-state index in [0.717, 1.165) is 28.9 Å². The lowest BCUT2D eigenvalue weighted by molar-refractivity contribution is -0.134. The average molecular weight is 384 g/mol. The van der Waals surface area contributed by atoms with E-state index in [9.17, 15) is 4.79 Å². The van der Waals surface area contributed by atoms with Crippen molar-refractivity contribution in [1.82, 2.24) is 19.7 Å². The average Bonchev–Trinajstić information content (AvgIpc) is 3.10. The number of hydrogen-bond donors (Lipinski definition) is 3. The number of fused-ring (bicyclic) bond motifs is 5. The van der Waals surface area contributed by atoms with Crippen LogP contribution >= 0.6 is 0 Å². The molecule has 0 bridgehead atoms. The van der Waals surface area contributed by atoms with Gasteiger partial charge in [0.2, 0.25) is 6.41 Å². The van der Waals surface area contributed by atoms with E-state index in [1.165, 1.54) is 0 Å². The molecule has 4 rings (SSSR count). The third-order valence-corrected chi connectivity index (χ3v) is 3.29. The van der Waals surface area contributed by atoms with Gasteiger partial charge in [0.15, 0.2) is 5.65 Å². The minimum absolute atomic E-state index is 0.155. The zero-order chi connectivity index (χ0) is 21.1. The Morgan fingerprint density at radius 1 is 1.14 bits per heavy atom. The fourth-order valence-electron chi connectivity index (χ4n) is 2.37. The van der Waals surface area contributed by atoms with Gasteiger partial charge in [-0.25, -0.2) is 14.2 Å². The molecule has 8 heteroatoms. The van der Waals surface area contributed by atoms with E-state index < -0.39 is 5.97 Å². The topological polar surface area (TPSA) is 117 Å². The van der Waals surface area contributed by atoms with Gasteiger partial charge in [-0.2, -0.15) is 0 Å². The third-order valence-electron chi connectivity index (χ3n) is 3.29. The first-order valence-electron chi connectivity index (χ1n) is 8.68. The zero-order valence-corrected chi connectivity index (χ0v) is 16.3. The minimum Gasteiger partial charge on any atom is -0.481 e.